The predicted octanol–water partition coefficient (Wildman–Crippen LogP) is 3.35. The van der Waals surface area contributed by atoms with Crippen molar-refractivity contribution in [3.8, 4) is 5.75 Å². The topological polar surface area (TPSA) is 69.6 Å². The highest BCUT2D eigenvalue weighted by Gasteiger charge is 2.13. The third kappa shape index (κ3) is 4.59. The number of ether oxygens (including phenoxy) is 1. The number of carbonyl (C=O) groups is 1. The van der Waals surface area contributed by atoms with E-state index < -0.39 is 11.5 Å². The zero-order valence-electron chi connectivity index (χ0n) is 16.1. The summed E-state index contributed by atoms with van der Waals surface area (Å²) in [7, 11) is 1.59. The van der Waals surface area contributed by atoms with Gasteiger partial charge in [-0.05, 0) is 66.9 Å². The Bertz CT molecular complexity index is 1040. The number of hydrogen-bond acceptors (Lipinski definition) is 4. The summed E-state index contributed by atoms with van der Waals surface area (Å²) >= 11 is 0. The van der Waals surface area contributed by atoms with E-state index in [0.29, 0.717) is 11.4 Å². The average molecular weight is 378 g/mol. The van der Waals surface area contributed by atoms with Crippen molar-refractivity contribution in [3.63, 3.8) is 0 Å². The quantitative estimate of drug-likeness (QED) is 0.714. The summed E-state index contributed by atoms with van der Waals surface area (Å²) in [5, 5.41) is 2.77. The van der Waals surface area contributed by atoms with Crippen LogP contribution < -0.4 is 20.5 Å². The number of methoxy groups -OCH3 is 1. The Morgan fingerprint density at radius 1 is 1.04 bits per heavy atom. The number of pyridine rings is 1. The van der Waals surface area contributed by atoms with E-state index in [0.717, 1.165) is 21.4 Å². The van der Waals surface area contributed by atoms with E-state index in [1.807, 2.05) is 56.3 Å². The van der Waals surface area contributed by atoms with Crippen LogP contribution in [0.25, 0.3) is 0 Å². The van der Waals surface area contributed by atoms with Gasteiger partial charge in [-0.1, -0.05) is 18.2 Å². The van der Waals surface area contributed by atoms with Crippen molar-refractivity contribution in [2.75, 3.05) is 12.4 Å². The van der Waals surface area contributed by atoms with Crippen LogP contribution in [0.3, 0.4) is 0 Å². The van der Waals surface area contributed by atoms with E-state index in [1.165, 1.54) is 12.3 Å². The van der Waals surface area contributed by atoms with E-state index >= 15 is 0 Å². The molecule has 0 atom stereocenters. The van der Waals surface area contributed by atoms with Gasteiger partial charge in [0.2, 0.25) is 0 Å². The number of rotatable bonds is 6. The molecule has 1 aromatic heterocycles. The minimum Gasteiger partial charge on any atom is -0.497 e. The Kier molecular flexibility index (Phi) is 5.79. The van der Waals surface area contributed by atoms with E-state index in [4.69, 9.17) is 9.57 Å². The molecule has 0 spiro atoms. The predicted molar refractivity (Wildman–Crippen MR) is 108 cm³/mol. The zero-order chi connectivity index (χ0) is 20.1. The first-order chi connectivity index (χ1) is 13.5. The molecule has 0 fully saturated rings. The number of benzene rings is 2. The SMILES string of the molecule is COc1cccc(COn2cccc(C(=O)Nc3cc(C)cc(C)c3)c2=O)c1. The van der Waals surface area contributed by atoms with Crippen molar-refractivity contribution in [3.05, 3.63) is 93.4 Å². The number of carbonyl (C=O) groups excluding carboxylic acids is 1. The van der Waals surface area contributed by atoms with Crippen LogP contribution in [0.15, 0.2) is 65.6 Å². The van der Waals surface area contributed by atoms with Crippen LogP contribution in [0, 0.1) is 13.8 Å². The fourth-order valence-corrected chi connectivity index (χ4v) is 2.90. The molecule has 0 bridgehead atoms. The molecule has 3 aromatic rings. The van der Waals surface area contributed by atoms with Gasteiger partial charge in [0.05, 0.1) is 7.11 Å². The van der Waals surface area contributed by atoms with Crippen molar-refractivity contribution in [2.45, 2.75) is 20.5 Å². The molecule has 0 saturated carbocycles. The standard InChI is InChI=1S/C22H22N2O4/c1-15-10-16(2)12-18(11-15)23-21(25)20-8-5-9-24(22(20)26)28-14-17-6-4-7-19(13-17)27-3/h4-13H,14H2,1-3H3,(H,23,25). The summed E-state index contributed by atoms with van der Waals surface area (Å²) in [6.45, 7) is 4.06. The molecule has 0 radical (unpaired) electrons. The minimum absolute atomic E-state index is 0.00676. The number of amides is 1. The lowest BCUT2D eigenvalue weighted by Crippen LogP contribution is -2.32. The van der Waals surface area contributed by atoms with Gasteiger partial charge in [0.15, 0.2) is 0 Å². The van der Waals surface area contributed by atoms with Gasteiger partial charge in [-0.15, -0.1) is 0 Å². The molecule has 0 aliphatic carbocycles. The molecule has 0 saturated heterocycles. The molecule has 0 unspecified atom stereocenters. The maximum Gasteiger partial charge on any atom is 0.295 e. The summed E-state index contributed by atoms with van der Waals surface area (Å²) < 4.78 is 6.24. The van der Waals surface area contributed by atoms with E-state index in [9.17, 15) is 9.59 Å². The number of aromatic nitrogens is 1. The molecule has 28 heavy (non-hydrogen) atoms. The van der Waals surface area contributed by atoms with Crippen LogP contribution >= 0.6 is 0 Å². The number of aryl methyl sites for hydroxylation is 2. The second-order valence-corrected chi connectivity index (χ2v) is 6.51. The van der Waals surface area contributed by atoms with Gasteiger partial charge in [0.25, 0.3) is 11.5 Å². The highest BCUT2D eigenvalue weighted by atomic mass is 16.7. The molecule has 0 aliphatic heterocycles. The summed E-state index contributed by atoms with van der Waals surface area (Å²) in [4.78, 5) is 30.8. The molecule has 144 valence electrons. The van der Waals surface area contributed by atoms with Gasteiger partial charge in [0.1, 0.15) is 17.9 Å². The van der Waals surface area contributed by atoms with E-state index in [-0.39, 0.29) is 12.2 Å². The Morgan fingerprint density at radius 3 is 2.50 bits per heavy atom. The van der Waals surface area contributed by atoms with Gasteiger partial charge in [0, 0.05) is 11.9 Å². The summed E-state index contributed by atoms with van der Waals surface area (Å²) in [5.41, 5.74) is 3.04. The van der Waals surface area contributed by atoms with Crippen molar-refractivity contribution in [1.82, 2.24) is 4.73 Å². The normalized spacial score (nSPS) is 10.4. The fourth-order valence-electron chi connectivity index (χ4n) is 2.90. The Balaban J connectivity index is 1.76. The monoisotopic (exact) mass is 378 g/mol. The molecule has 3 rings (SSSR count). The lowest BCUT2D eigenvalue weighted by atomic mass is 10.1. The second-order valence-electron chi connectivity index (χ2n) is 6.51. The van der Waals surface area contributed by atoms with Gasteiger partial charge in [-0.3, -0.25) is 9.59 Å². The average Bonchev–Trinajstić information content (AvgIpc) is 2.66. The van der Waals surface area contributed by atoms with Gasteiger partial charge in [-0.2, -0.15) is 4.73 Å². The van der Waals surface area contributed by atoms with Gasteiger partial charge < -0.3 is 14.9 Å². The smallest absolute Gasteiger partial charge is 0.295 e. The highest BCUT2D eigenvalue weighted by molar-refractivity contribution is 6.04. The van der Waals surface area contributed by atoms with Gasteiger partial charge in [-0.25, -0.2) is 0 Å². The number of nitrogens with one attached hydrogen (secondary N) is 1. The maximum absolute atomic E-state index is 12.6. The summed E-state index contributed by atoms with van der Waals surface area (Å²) in [6, 6.07) is 16.2. The number of nitrogens with zero attached hydrogens (tertiary/aromatic N) is 1. The molecular weight excluding hydrogens is 356 g/mol. The Morgan fingerprint density at radius 2 is 1.79 bits per heavy atom. The van der Waals surface area contributed by atoms with E-state index in [1.54, 1.807) is 13.2 Å². The van der Waals surface area contributed by atoms with Crippen LogP contribution in [0.1, 0.15) is 27.0 Å². The van der Waals surface area contributed by atoms with Crippen LogP contribution in [0.4, 0.5) is 5.69 Å². The molecular formula is C22H22N2O4. The molecule has 6 heteroatoms. The highest BCUT2D eigenvalue weighted by Crippen LogP contribution is 2.15. The molecule has 6 nitrogen and oxygen atoms in total. The van der Waals surface area contributed by atoms with Crippen molar-refractivity contribution in [1.29, 1.82) is 0 Å². The minimum atomic E-state index is -0.521. The first-order valence-electron chi connectivity index (χ1n) is 8.84. The maximum atomic E-state index is 12.6. The zero-order valence-corrected chi connectivity index (χ0v) is 16.1. The third-order valence-corrected chi connectivity index (χ3v) is 4.14. The van der Waals surface area contributed by atoms with Crippen LogP contribution in [0.2, 0.25) is 0 Å². The molecule has 1 N–H and O–H groups in total. The van der Waals surface area contributed by atoms with Gasteiger partial charge >= 0.3 is 0 Å². The van der Waals surface area contributed by atoms with Crippen molar-refractivity contribution < 1.29 is 14.4 Å². The fraction of sp³-hybridized carbons (Fsp3) is 0.182. The molecule has 1 heterocycles. The summed E-state index contributed by atoms with van der Waals surface area (Å²) in [6.07, 6.45) is 1.48. The second kappa shape index (κ2) is 8.43. The molecule has 1 amide bonds. The van der Waals surface area contributed by atoms with Crippen molar-refractivity contribution in [2.24, 2.45) is 0 Å². The Hall–Kier alpha value is -3.54. The van der Waals surface area contributed by atoms with Crippen molar-refractivity contribution >= 4 is 11.6 Å². The van der Waals surface area contributed by atoms with Crippen LogP contribution in [-0.2, 0) is 6.61 Å². The van der Waals surface area contributed by atoms with Crippen LogP contribution in [0.5, 0.6) is 5.75 Å². The number of anilines is 1. The third-order valence-electron chi connectivity index (χ3n) is 4.14. The van der Waals surface area contributed by atoms with Crippen LogP contribution in [-0.4, -0.2) is 17.7 Å². The number of hydrogen-bond donors (Lipinski definition) is 1. The largest absolute Gasteiger partial charge is 0.497 e. The lowest BCUT2D eigenvalue weighted by Gasteiger charge is -2.11. The molecule has 2 aromatic carbocycles. The lowest BCUT2D eigenvalue weighted by molar-refractivity contribution is 0.0862. The first-order valence-corrected chi connectivity index (χ1v) is 8.84. The Labute approximate surface area is 163 Å². The van der Waals surface area contributed by atoms with E-state index in [2.05, 4.69) is 5.32 Å². The summed E-state index contributed by atoms with van der Waals surface area (Å²) in [5.74, 6) is 0.226. The first kappa shape index (κ1) is 19.2. The molecule has 0 aliphatic rings.